The summed E-state index contributed by atoms with van der Waals surface area (Å²) in [6, 6.07) is 9.96. The van der Waals surface area contributed by atoms with Crippen molar-refractivity contribution in [1.82, 2.24) is 4.31 Å². The van der Waals surface area contributed by atoms with Crippen LogP contribution in [0.5, 0.6) is 11.5 Å². The third kappa shape index (κ3) is 4.17. The summed E-state index contributed by atoms with van der Waals surface area (Å²) in [6.07, 6.45) is -3.76. The smallest absolute Gasteiger partial charge is 0.395 e. The summed E-state index contributed by atoms with van der Waals surface area (Å²) in [7, 11) is -2.57. The Morgan fingerprint density at radius 1 is 1.11 bits per heavy atom. The number of benzene rings is 2. The number of rotatable bonds is 5. The van der Waals surface area contributed by atoms with E-state index in [-0.39, 0.29) is 22.1 Å². The number of hydrogen-bond donors (Lipinski definition) is 1. The lowest BCUT2D eigenvalue weighted by Gasteiger charge is -2.17. The molecular formula is C17H16F2N2O5S. The van der Waals surface area contributed by atoms with E-state index in [1.54, 1.807) is 12.1 Å². The molecule has 1 aliphatic rings. The second kappa shape index (κ2) is 6.78. The molecule has 1 amide bonds. The van der Waals surface area contributed by atoms with Gasteiger partial charge in [0.1, 0.15) is 0 Å². The number of nitrogens with zero attached hydrogens (tertiary/aromatic N) is 1. The number of aryl methyl sites for hydroxylation is 1. The van der Waals surface area contributed by atoms with E-state index in [0.717, 1.165) is 9.87 Å². The Morgan fingerprint density at radius 3 is 2.41 bits per heavy atom. The van der Waals surface area contributed by atoms with Crippen LogP contribution in [-0.4, -0.2) is 38.5 Å². The van der Waals surface area contributed by atoms with Crippen LogP contribution < -0.4 is 14.8 Å². The predicted molar refractivity (Wildman–Crippen MR) is 92.3 cm³/mol. The topological polar surface area (TPSA) is 84.9 Å². The normalized spacial score (nSPS) is 15.0. The quantitative estimate of drug-likeness (QED) is 0.837. The monoisotopic (exact) mass is 398 g/mol. The average Bonchev–Trinajstić information content (AvgIpc) is 2.88. The molecule has 2 aromatic rings. The van der Waals surface area contributed by atoms with E-state index in [1.807, 2.05) is 6.92 Å². The van der Waals surface area contributed by atoms with Crippen LogP contribution in [0.3, 0.4) is 0 Å². The molecule has 10 heteroatoms. The molecule has 3 rings (SSSR count). The van der Waals surface area contributed by atoms with Gasteiger partial charge in [-0.2, -0.15) is 4.31 Å². The Bertz CT molecular complexity index is 977. The van der Waals surface area contributed by atoms with Crippen molar-refractivity contribution in [3.63, 3.8) is 0 Å². The van der Waals surface area contributed by atoms with Crippen LogP contribution in [0.2, 0.25) is 0 Å². The van der Waals surface area contributed by atoms with Crippen LogP contribution in [0, 0.1) is 6.92 Å². The van der Waals surface area contributed by atoms with Crippen molar-refractivity contribution >= 4 is 21.6 Å². The lowest BCUT2D eigenvalue weighted by atomic mass is 10.2. The average molecular weight is 398 g/mol. The van der Waals surface area contributed by atoms with E-state index in [2.05, 4.69) is 14.8 Å². The summed E-state index contributed by atoms with van der Waals surface area (Å²) in [6.45, 7) is 1.37. The number of amides is 1. The molecule has 1 aliphatic heterocycles. The number of anilines is 1. The van der Waals surface area contributed by atoms with Gasteiger partial charge in [0.15, 0.2) is 11.5 Å². The largest absolute Gasteiger partial charge is 0.586 e. The molecule has 1 N–H and O–H groups in total. The maximum absolute atomic E-state index is 13.0. The van der Waals surface area contributed by atoms with Gasteiger partial charge in [0.25, 0.3) is 0 Å². The highest BCUT2D eigenvalue weighted by Crippen LogP contribution is 2.42. The second-order valence-corrected chi connectivity index (χ2v) is 8.00. The number of alkyl halides is 2. The van der Waals surface area contributed by atoms with E-state index in [4.69, 9.17) is 0 Å². The fourth-order valence-electron chi connectivity index (χ4n) is 2.40. The van der Waals surface area contributed by atoms with E-state index in [1.165, 1.54) is 37.4 Å². The number of halogens is 2. The minimum atomic E-state index is -3.84. The number of carbonyl (C=O) groups is 1. The highest BCUT2D eigenvalue weighted by atomic mass is 32.2. The maximum Gasteiger partial charge on any atom is 0.586 e. The molecule has 0 fully saturated rings. The summed E-state index contributed by atoms with van der Waals surface area (Å²) in [5, 5.41) is 2.44. The molecule has 0 saturated carbocycles. The van der Waals surface area contributed by atoms with Crippen LogP contribution in [-0.2, 0) is 14.8 Å². The SMILES string of the molecule is Cc1ccc(S(=O)(=O)N(C)CC(=O)Nc2ccc3c(c2)OC(F)(F)O3)cc1. The standard InChI is InChI=1S/C17H16F2N2O5S/c1-11-3-6-13(7-4-11)27(23,24)21(2)10-16(22)20-12-5-8-14-15(9-12)26-17(18,19)25-14/h3-9H,10H2,1-2H3,(H,20,22). The summed E-state index contributed by atoms with van der Waals surface area (Å²) in [4.78, 5) is 12.2. The molecule has 0 saturated heterocycles. The molecule has 0 spiro atoms. The van der Waals surface area contributed by atoms with Gasteiger partial charge in [0.05, 0.1) is 11.4 Å². The van der Waals surface area contributed by atoms with Crippen LogP contribution in [0.1, 0.15) is 5.56 Å². The maximum atomic E-state index is 13.0. The fourth-order valence-corrected chi connectivity index (χ4v) is 3.53. The van der Waals surface area contributed by atoms with Crippen molar-refractivity contribution < 1.29 is 31.5 Å². The van der Waals surface area contributed by atoms with E-state index < -0.39 is 28.8 Å². The molecule has 1 heterocycles. The number of ether oxygens (including phenoxy) is 2. The first-order valence-corrected chi connectivity index (χ1v) is 9.24. The van der Waals surface area contributed by atoms with Gasteiger partial charge >= 0.3 is 6.29 Å². The number of nitrogens with one attached hydrogen (secondary N) is 1. The van der Waals surface area contributed by atoms with E-state index >= 15 is 0 Å². The second-order valence-electron chi connectivity index (χ2n) is 5.95. The van der Waals surface area contributed by atoms with Gasteiger partial charge in [-0.1, -0.05) is 17.7 Å². The van der Waals surface area contributed by atoms with E-state index in [0.29, 0.717) is 0 Å². The molecule has 27 heavy (non-hydrogen) atoms. The number of likely N-dealkylation sites (N-methyl/N-ethyl adjacent to an activating group) is 1. The predicted octanol–water partition coefficient (Wildman–Crippen LogP) is 2.58. The minimum absolute atomic E-state index is 0.0636. The molecule has 0 aromatic heterocycles. The van der Waals surface area contributed by atoms with Gasteiger partial charge in [-0.25, -0.2) is 8.42 Å². The summed E-state index contributed by atoms with van der Waals surface area (Å²) in [5.41, 5.74) is 1.07. The lowest BCUT2D eigenvalue weighted by Crippen LogP contribution is -2.34. The third-order valence-corrected chi connectivity index (χ3v) is 5.60. The van der Waals surface area contributed by atoms with Crippen molar-refractivity contribution in [2.75, 3.05) is 18.9 Å². The first-order chi connectivity index (χ1) is 12.6. The first-order valence-electron chi connectivity index (χ1n) is 7.80. The van der Waals surface area contributed by atoms with Gasteiger partial charge in [-0.15, -0.1) is 8.78 Å². The molecule has 2 aromatic carbocycles. The Kier molecular flexibility index (Phi) is 4.79. The zero-order valence-corrected chi connectivity index (χ0v) is 15.2. The number of fused-ring (bicyclic) bond motifs is 1. The summed E-state index contributed by atoms with van der Waals surface area (Å²) >= 11 is 0. The molecule has 0 radical (unpaired) electrons. The zero-order chi connectivity index (χ0) is 19.8. The van der Waals surface area contributed by atoms with Crippen molar-refractivity contribution in [2.24, 2.45) is 0 Å². The molecule has 144 valence electrons. The van der Waals surface area contributed by atoms with Crippen LogP contribution in [0.25, 0.3) is 0 Å². The molecule has 0 atom stereocenters. The summed E-state index contributed by atoms with van der Waals surface area (Å²) in [5.74, 6) is -1.02. The molecule has 0 bridgehead atoms. The number of sulfonamides is 1. The van der Waals surface area contributed by atoms with Crippen molar-refractivity contribution in [3.8, 4) is 11.5 Å². The molecular weight excluding hydrogens is 382 g/mol. The van der Waals surface area contributed by atoms with Gasteiger partial charge in [0.2, 0.25) is 15.9 Å². The first kappa shape index (κ1) is 19.1. The molecule has 7 nitrogen and oxygen atoms in total. The molecule has 0 aliphatic carbocycles. The van der Waals surface area contributed by atoms with E-state index in [9.17, 15) is 22.0 Å². The highest BCUT2D eigenvalue weighted by Gasteiger charge is 2.43. The Morgan fingerprint density at radius 2 is 1.74 bits per heavy atom. The Labute approximate surface area is 154 Å². The zero-order valence-electron chi connectivity index (χ0n) is 14.4. The number of hydrogen-bond acceptors (Lipinski definition) is 5. The van der Waals surface area contributed by atoms with Crippen LogP contribution >= 0.6 is 0 Å². The Hall–Kier alpha value is -2.72. The lowest BCUT2D eigenvalue weighted by molar-refractivity contribution is -0.286. The van der Waals surface area contributed by atoms with Gasteiger partial charge < -0.3 is 14.8 Å². The highest BCUT2D eigenvalue weighted by molar-refractivity contribution is 7.89. The van der Waals surface area contributed by atoms with Gasteiger partial charge in [-0.05, 0) is 31.2 Å². The van der Waals surface area contributed by atoms with Crippen LogP contribution in [0.4, 0.5) is 14.5 Å². The van der Waals surface area contributed by atoms with Gasteiger partial charge in [-0.3, -0.25) is 4.79 Å². The molecule has 0 unspecified atom stereocenters. The van der Waals surface area contributed by atoms with Crippen molar-refractivity contribution in [1.29, 1.82) is 0 Å². The van der Waals surface area contributed by atoms with Crippen LogP contribution in [0.15, 0.2) is 47.4 Å². The summed E-state index contributed by atoms with van der Waals surface area (Å²) < 4.78 is 60.5. The minimum Gasteiger partial charge on any atom is -0.395 e. The van der Waals surface area contributed by atoms with Crippen molar-refractivity contribution in [3.05, 3.63) is 48.0 Å². The van der Waals surface area contributed by atoms with Gasteiger partial charge in [0, 0.05) is 18.8 Å². The van der Waals surface area contributed by atoms with Crippen molar-refractivity contribution in [2.45, 2.75) is 18.1 Å². The Balaban J connectivity index is 1.67. The third-order valence-electron chi connectivity index (χ3n) is 3.78. The fraction of sp³-hybridized carbons (Fsp3) is 0.235. The number of carbonyl (C=O) groups excluding carboxylic acids is 1.